The number of ether oxygens (including phenoxy) is 2. The first-order chi connectivity index (χ1) is 14.7. The Bertz CT molecular complexity index is 1230. The van der Waals surface area contributed by atoms with Crippen LogP contribution in [0.4, 0.5) is 5.69 Å². The number of esters is 1. The molecule has 0 fully saturated rings. The van der Waals surface area contributed by atoms with Crippen LogP contribution in [0.15, 0.2) is 42.7 Å². The van der Waals surface area contributed by atoms with Crippen LogP contribution in [0.2, 0.25) is 0 Å². The number of aromatic nitrogens is 6. The molecule has 0 bridgehead atoms. The Morgan fingerprint density at radius 1 is 1.07 bits per heavy atom. The second kappa shape index (κ2) is 7.14. The van der Waals surface area contributed by atoms with E-state index in [1.54, 1.807) is 24.0 Å². The third kappa shape index (κ3) is 3.02. The summed E-state index contributed by atoms with van der Waals surface area (Å²) >= 11 is 0. The van der Waals surface area contributed by atoms with E-state index in [4.69, 9.17) is 9.47 Å². The summed E-state index contributed by atoms with van der Waals surface area (Å²) in [5.41, 5.74) is 4.60. The minimum absolute atomic E-state index is 0.315. The van der Waals surface area contributed by atoms with E-state index >= 15 is 0 Å². The standard InChI is InChI=1S/C20H19N7O3/c1-29-15-5-3-13(4-6-15)16-10-18(19-22-21-12-27(19)23-16)25-7-8-26-14(11-25)9-17(24-26)20(28)30-2/h3-6,9-10,12H,7-8,11H2,1-2H3. The number of methoxy groups -OCH3 is 2. The molecule has 5 rings (SSSR count). The molecule has 4 aromatic rings. The monoisotopic (exact) mass is 405 g/mol. The Morgan fingerprint density at radius 3 is 2.67 bits per heavy atom. The van der Waals surface area contributed by atoms with Crippen molar-refractivity contribution in [2.24, 2.45) is 0 Å². The van der Waals surface area contributed by atoms with Gasteiger partial charge in [0.05, 0.1) is 44.4 Å². The largest absolute Gasteiger partial charge is 0.497 e. The van der Waals surface area contributed by atoms with Gasteiger partial charge in [-0.15, -0.1) is 10.2 Å². The fraction of sp³-hybridized carbons (Fsp3) is 0.250. The van der Waals surface area contributed by atoms with E-state index in [1.807, 2.05) is 35.0 Å². The second-order valence-corrected chi connectivity index (χ2v) is 6.90. The number of carbonyl (C=O) groups is 1. The van der Waals surface area contributed by atoms with Crippen molar-refractivity contribution >= 4 is 17.3 Å². The summed E-state index contributed by atoms with van der Waals surface area (Å²) in [5, 5.41) is 17.3. The van der Waals surface area contributed by atoms with Crippen molar-refractivity contribution in [3.8, 4) is 17.0 Å². The summed E-state index contributed by atoms with van der Waals surface area (Å²) < 4.78 is 13.6. The predicted molar refractivity (Wildman–Crippen MR) is 107 cm³/mol. The number of carbonyl (C=O) groups excluding carboxylic acids is 1. The molecule has 0 radical (unpaired) electrons. The van der Waals surface area contributed by atoms with E-state index in [-0.39, 0.29) is 0 Å². The van der Waals surface area contributed by atoms with Gasteiger partial charge in [-0.3, -0.25) is 4.68 Å². The first-order valence-corrected chi connectivity index (χ1v) is 9.42. The lowest BCUT2D eigenvalue weighted by Crippen LogP contribution is -2.34. The highest BCUT2D eigenvalue weighted by atomic mass is 16.5. The molecular formula is C20H19N7O3. The molecule has 1 aliphatic rings. The zero-order valence-electron chi connectivity index (χ0n) is 16.5. The smallest absolute Gasteiger partial charge is 0.358 e. The molecule has 4 heterocycles. The molecule has 10 heteroatoms. The van der Waals surface area contributed by atoms with Crippen molar-refractivity contribution in [2.75, 3.05) is 25.7 Å². The molecule has 0 aliphatic carbocycles. The van der Waals surface area contributed by atoms with Crippen molar-refractivity contribution in [2.45, 2.75) is 13.1 Å². The minimum atomic E-state index is -0.436. The topological polar surface area (TPSA) is 99.7 Å². The number of hydrogen-bond acceptors (Lipinski definition) is 8. The fourth-order valence-electron chi connectivity index (χ4n) is 3.62. The fourth-order valence-corrected chi connectivity index (χ4v) is 3.62. The highest BCUT2D eigenvalue weighted by Crippen LogP contribution is 2.29. The zero-order chi connectivity index (χ0) is 20.7. The molecule has 1 aliphatic heterocycles. The summed E-state index contributed by atoms with van der Waals surface area (Å²) in [4.78, 5) is 14.0. The molecule has 3 aromatic heterocycles. The van der Waals surface area contributed by atoms with Crippen LogP contribution in [0.1, 0.15) is 16.2 Å². The van der Waals surface area contributed by atoms with Crippen molar-refractivity contribution in [1.29, 1.82) is 0 Å². The lowest BCUT2D eigenvalue weighted by molar-refractivity contribution is 0.0593. The molecule has 30 heavy (non-hydrogen) atoms. The van der Waals surface area contributed by atoms with Crippen LogP contribution < -0.4 is 9.64 Å². The minimum Gasteiger partial charge on any atom is -0.497 e. The van der Waals surface area contributed by atoms with Gasteiger partial charge < -0.3 is 14.4 Å². The van der Waals surface area contributed by atoms with Crippen LogP contribution in [-0.2, 0) is 17.8 Å². The zero-order valence-corrected chi connectivity index (χ0v) is 16.5. The summed E-state index contributed by atoms with van der Waals surface area (Å²) in [6.07, 6.45) is 1.59. The summed E-state index contributed by atoms with van der Waals surface area (Å²) in [6, 6.07) is 11.5. The number of fused-ring (bicyclic) bond motifs is 2. The van der Waals surface area contributed by atoms with E-state index in [1.165, 1.54) is 7.11 Å². The maximum Gasteiger partial charge on any atom is 0.358 e. The number of nitrogens with zero attached hydrogens (tertiary/aromatic N) is 7. The number of benzene rings is 1. The Labute approximate surface area is 171 Å². The van der Waals surface area contributed by atoms with Gasteiger partial charge in [0.15, 0.2) is 5.69 Å². The van der Waals surface area contributed by atoms with E-state index in [9.17, 15) is 4.79 Å². The molecular weight excluding hydrogens is 386 g/mol. The molecule has 0 saturated heterocycles. The van der Waals surface area contributed by atoms with Gasteiger partial charge in [0.1, 0.15) is 12.1 Å². The third-order valence-electron chi connectivity index (χ3n) is 5.17. The summed E-state index contributed by atoms with van der Waals surface area (Å²) in [7, 11) is 2.99. The van der Waals surface area contributed by atoms with Crippen LogP contribution in [0.3, 0.4) is 0 Å². The molecule has 0 spiro atoms. The van der Waals surface area contributed by atoms with Crippen molar-refractivity contribution in [3.05, 3.63) is 54.1 Å². The second-order valence-electron chi connectivity index (χ2n) is 6.90. The van der Waals surface area contributed by atoms with Gasteiger partial charge in [0.25, 0.3) is 0 Å². The van der Waals surface area contributed by atoms with E-state index < -0.39 is 5.97 Å². The van der Waals surface area contributed by atoms with Crippen molar-refractivity contribution in [1.82, 2.24) is 29.6 Å². The van der Waals surface area contributed by atoms with Crippen LogP contribution in [0, 0.1) is 0 Å². The summed E-state index contributed by atoms with van der Waals surface area (Å²) in [6.45, 7) is 1.94. The van der Waals surface area contributed by atoms with Crippen molar-refractivity contribution < 1.29 is 14.3 Å². The summed E-state index contributed by atoms with van der Waals surface area (Å²) in [5.74, 6) is 0.351. The molecule has 0 atom stereocenters. The Morgan fingerprint density at radius 2 is 1.90 bits per heavy atom. The molecule has 1 aromatic carbocycles. The lowest BCUT2D eigenvalue weighted by atomic mass is 10.1. The van der Waals surface area contributed by atoms with Gasteiger partial charge in [-0.2, -0.15) is 14.7 Å². The predicted octanol–water partition coefficient (Wildman–Crippen LogP) is 1.80. The van der Waals surface area contributed by atoms with E-state index in [0.717, 1.165) is 28.4 Å². The third-order valence-corrected chi connectivity index (χ3v) is 5.17. The molecule has 0 N–H and O–H groups in total. The maximum atomic E-state index is 11.8. The average molecular weight is 405 g/mol. The SMILES string of the molecule is COC(=O)c1cc2n(n1)CCN(c1cc(-c3ccc(OC)cc3)nn3cnnc13)C2. The molecule has 0 saturated carbocycles. The maximum absolute atomic E-state index is 11.8. The van der Waals surface area contributed by atoms with Crippen LogP contribution in [0.25, 0.3) is 16.9 Å². The van der Waals surface area contributed by atoms with Gasteiger partial charge in [0.2, 0.25) is 5.65 Å². The van der Waals surface area contributed by atoms with Crippen LogP contribution in [0.5, 0.6) is 5.75 Å². The van der Waals surface area contributed by atoms with Gasteiger partial charge in [-0.25, -0.2) is 4.79 Å². The normalized spacial score (nSPS) is 13.3. The quantitative estimate of drug-likeness (QED) is 0.474. The average Bonchev–Trinajstić information content (AvgIpc) is 3.44. The Hall–Kier alpha value is -3.95. The highest BCUT2D eigenvalue weighted by Gasteiger charge is 2.24. The molecule has 0 unspecified atom stereocenters. The van der Waals surface area contributed by atoms with Crippen LogP contribution >= 0.6 is 0 Å². The highest BCUT2D eigenvalue weighted by molar-refractivity contribution is 5.87. The van der Waals surface area contributed by atoms with E-state index in [0.29, 0.717) is 31.0 Å². The van der Waals surface area contributed by atoms with Gasteiger partial charge >= 0.3 is 5.97 Å². The number of rotatable bonds is 4. The molecule has 152 valence electrons. The molecule has 10 nitrogen and oxygen atoms in total. The van der Waals surface area contributed by atoms with Gasteiger partial charge in [-0.1, -0.05) is 0 Å². The van der Waals surface area contributed by atoms with Gasteiger partial charge in [-0.05, 0) is 36.4 Å². The lowest BCUT2D eigenvalue weighted by Gasteiger charge is -2.29. The van der Waals surface area contributed by atoms with Crippen LogP contribution in [-0.4, -0.2) is 56.3 Å². The number of anilines is 1. The van der Waals surface area contributed by atoms with Crippen molar-refractivity contribution in [3.63, 3.8) is 0 Å². The first-order valence-electron chi connectivity index (χ1n) is 9.42. The Balaban J connectivity index is 1.53. The number of hydrogen-bond donors (Lipinski definition) is 0. The van der Waals surface area contributed by atoms with Gasteiger partial charge in [0, 0.05) is 12.1 Å². The van der Waals surface area contributed by atoms with E-state index in [2.05, 4.69) is 25.3 Å². The first kappa shape index (κ1) is 18.1. The molecule has 0 amide bonds. The Kier molecular flexibility index (Phi) is 4.31.